The highest BCUT2D eigenvalue weighted by molar-refractivity contribution is 5.30. The summed E-state index contributed by atoms with van der Waals surface area (Å²) in [5, 5.41) is 0. The summed E-state index contributed by atoms with van der Waals surface area (Å²) in [4.78, 5) is 11.0. The van der Waals surface area contributed by atoms with Crippen molar-refractivity contribution < 1.29 is 4.74 Å². The number of ether oxygens (including phenoxy) is 1. The number of hydrogen-bond acceptors (Lipinski definition) is 4. The van der Waals surface area contributed by atoms with Crippen LogP contribution in [0.2, 0.25) is 0 Å². The molecule has 0 N–H and O–H groups in total. The summed E-state index contributed by atoms with van der Waals surface area (Å²) in [6.07, 6.45) is 5.90. The zero-order valence-electron chi connectivity index (χ0n) is 14.2. The average molecular weight is 311 g/mol. The Labute approximate surface area is 138 Å². The summed E-state index contributed by atoms with van der Waals surface area (Å²) in [5.41, 5.74) is 5.20. The molecule has 1 saturated heterocycles. The first kappa shape index (κ1) is 15.9. The fourth-order valence-corrected chi connectivity index (χ4v) is 2.99. The molecule has 0 amide bonds. The van der Waals surface area contributed by atoms with E-state index in [0.29, 0.717) is 6.01 Å². The van der Waals surface area contributed by atoms with Crippen molar-refractivity contribution in [1.29, 1.82) is 0 Å². The topological polar surface area (TPSA) is 38.2 Å². The molecule has 1 aliphatic heterocycles. The lowest BCUT2D eigenvalue weighted by atomic mass is 10.0. The molecule has 4 heteroatoms. The summed E-state index contributed by atoms with van der Waals surface area (Å²) >= 11 is 0. The van der Waals surface area contributed by atoms with Gasteiger partial charge in [0.15, 0.2) is 0 Å². The maximum Gasteiger partial charge on any atom is 0.316 e. The Morgan fingerprint density at radius 2 is 1.74 bits per heavy atom. The van der Waals surface area contributed by atoms with Crippen LogP contribution in [0.5, 0.6) is 6.01 Å². The lowest BCUT2D eigenvalue weighted by molar-refractivity contribution is 0.0891. The highest BCUT2D eigenvalue weighted by Crippen LogP contribution is 2.19. The third-order valence-electron chi connectivity index (χ3n) is 4.46. The molecule has 1 aromatic carbocycles. The highest BCUT2D eigenvalue weighted by Gasteiger charge is 2.21. The van der Waals surface area contributed by atoms with E-state index in [0.717, 1.165) is 38.0 Å². The van der Waals surface area contributed by atoms with Crippen molar-refractivity contribution in [2.75, 3.05) is 13.1 Å². The van der Waals surface area contributed by atoms with Gasteiger partial charge < -0.3 is 4.74 Å². The number of likely N-dealkylation sites (tertiary alicyclic amines) is 1. The lowest BCUT2D eigenvalue weighted by Gasteiger charge is -2.32. The van der Waals surface area contributed by atoms with E-state index in [1.807, 2.05) is 6.92 Å². The smallest absolute Gasteiger partial charge is 0.316 e. The van der Waals surface area contributed by atoms with Crippen LogP contribution >= 0.6 is 0 Å². The first-order chi connectivity index (χ1) is 11.1. The van der Waals surface area contributed by atoms with Crippen molar-refractivity contribution in [1.82, 2.24) is 14.9 Å². The van der Waals surface area contributed by atoms with E-state index in [2.05, 4.69) is 46.9 Å². The van der Waals surface area contributed by atoms with Gasteiger partial charge in [0.25, 0.3) is 0 Å². The second-order valence-corrected chi connectivity index (χ2v) is 6.57. The van der Waals surface area contributed by atoms with Gasteiger partial charge in [-0.25, -0.2) is 9.97 Å². The average Bonchev–Trinajstić information content (AvgIpc) is 2.55. The highest BCUT2D eigenvalue weighted by atomic mass is 16.5. The predicted octanol–water partition coefficient (Wildman–Crippen LogP) is 3.45. The van der Waals surface area contributed by atoms with Gasteiger partial charge in [0.1, 0.15) is 6.10 Å². The molecule has 1 aromatic heterocycles. The Kier molecular flexibility index (Phi) is 4.91. The van der Waals surface area contributed by atoms with Gasteiger partial charge in [-0.1, -0.05) is 23.8 Å². The van der Waals surface area contributed by atoms with Crippen LogP contribution in [0.25, 0.3) is 0 Å². The number of rotatable bonds is 4. The Morgan fingerprint density at radius 3 is 2.43 bits per heavy atom. The van der Waals surface area contributed by atoms with Crippen molar-refractivity contribution in [2.24, 2.45) is 0 Å². The quantitative estimate of drug-likeness (QED) is 0.867. The molecule has 0 aliphatic carbocycles. The molecule has 23 heavy (non-hydrogen) atoms. The SMILES string of the molecule is Cc1cnc(OC2CCN(Cc3cc(C)ccc3C)CC2)nc1. The second-order valence-electron chi connectivity index (χ2n) is 6.57. The van der Waals surface area contributed by atoms with Crippen molar-refractivity contribution in [2.45, 2.75) is 46.3 Å². The van der Waals surface area contributed by atoms with Crippen LogP contribution in [0, 0.1) is 20.8 Å². The molecule has 0 atom stereocenters. The van der Waals surface area contributed by atoms with Gasteiger partial charge in [0, 0.05) is 32.0 Å². The number of piperidine rings is 1. The minimum Gasteiger partial charge on any atom is -0.460 e. The minimum atomic E-state index is 0.229. The van der Waals surface area contributed by atoms with Gasteiger partial charge in [0.05, 0.1) is 0 Å². The van der Waals surface area contributed by atoms with Crippen LogP contribution in [0.3, 0.4) is 0 Å². The number of aryl methyl sites for hydroxylation is 3. The van der Waals surface area contributed by atoms with Gasteiger partial charge in [-0.05, 0) is 50.3 Å². The van der Waals surface area contributed by atoms with Gasteiger partial charge in [-0.2, -0.15) is 0 Å². The summed E-state index contributed by atoms with van der Waals surface area (Å²) in [7, 11) is 0. The molecule has 2 heterocycles. The summed E-state index contributed by atoms with van der Waals surface area (Å²) in [6, 6.07) is 7.21. The van der Waals surface area contributed by atoms with E-state index in [9.17, 15) is 0 Å². The zero-order valence-corrected chi connectivity index (χ0v) is 14.2. The monoisotopic (exact) mass is 311 g/mol. The first-order valence-corrected chi connectivity index (χ1v) is 8.34. The van der Waals surface area contributed by atoms with Crippen molar-refractivity contribution in [3.05, 3.63) is 52.8 Å². The molecule has 122 valence electrons. The van der Waals surface area contributed by atoms with Gasteiger partial charge in [-0.3, -0.25) is 4.90 Å². The van der Waals surface area contributed by atoms with Crippen LogP contribution in [0.4, 0.5) is 0 Å². The van der Waals surface area contributed by atoms with Crippen LogP contribution in [-0.2, 0) is 6.54 Å². The summed E-state index contributed by atoms with van der Waals surface area (Å²) < 4.78 is 5.90. The Balaban J connectivity index is 1.52. The Hall–Kier alpha value is -1.94. The summed E-state index contributed by atoms with van der Waals surface area (Å²) in [5.74, 6) is 0. The Bertz CT molecular complexity index is 646. The molecule has 0 saturated carbocycles. The van der Waals surface area contributed by atoms with Crippen LogP contribution in [-0.4, -0.2) is 34.1 Å². The molecule has 0 bridgehead atoms. The maximum absolute atomic E-state index is 5.90. The Morgan fingerprint density at radius 1 is 1.04 bits per heavy atom. The van der Waals surface area contributed by atoms with Crippen molar-refractivity contribution in [3.63, 3.8) is 0 Å². The van der Waals surface area contributed by atoms with E-state index in [-0.39, 0.29) is 6.10 Å². The third kappa shape index (κ3) is 4.29. The number of hydrogen-bond donors (Lipinski definition) is 0. The van der Waals surface area contributed by atoms with E-state index >= 15 is 0 Å². The molecular weight excluding hydrogens is 286 g/mol. The zero-order chi connectivity index (χ0) is 16.2. The molecule has 1 aliphatic rings. The van der Waals surface area contributed by atoms with E-state index in [1.165, 1.54) is 16.7 Å². The molecule has 3 rings (SSSR count). The van der Waals surface area contributed by atoms with Crippen LogP contribution in [0.1, 0.15) is 35.1 Å². The predicted molar refractivity (Wildman–Crippen MR) is 91.6 cm³/mol. The molecule has 4 nitrogen and oxygen atoms in total. The largest absolute Gasteiger partial charge is 0.460 e. The summed E-state index contributed by atoms with van der Waals surface area (Å²) in [6.45, 7) is 9.48. The van der Waals surface area contributed by atoms with Gasteiger partial charge in [-0.15, -0.1) is 0 Å². The van der Waals surface area contributed by atoms with Gasteiger partial charge in [0.2, 0.25) is 0 Å². The van der Waals surface area contributed by atoms with E-state index in [4.69, 9.17) is 4.74 Å². The number of nitrogens with zero attached hydrogens (tertiary/aromatic N) is 3. The fourth-order valence-electron chi connectivity index (χ4n) is 2.99. The van der Waals surface area contributed by atoms with Crippen LogP contribution in [0.15, 0.2) is 30.6 Å². The van der Waals surface area contributed by atoms with Gasteiger partial charge >= 0.3 is 6.01 Å². The fraction of sp³-hybridized carbons (Fsp3) is 0.474. The van der Waals surface area contributed by atoms with Crippen molar-refractivity contribution in [3.8, 4) is 6.01 Å². The van der Waals surface area contributed by atoms with Crippen molar-refractivity contribution >= 4 is 0 Å². The van der Waals surface area contributed by atoms with E-state index < -0.39 is 0 Å². The molecule has 0 spiro atoms. The normalized spacial score (nSPS) is 16.5. The standard InChI is InChI=1S/C19H25N3O/c1-14-4-5-16(3)17(10-14)13-22-8-6-18(7-9-22)23-19-20-11-15(2)12-21-19/h4-5,10-12,18H,6-9,13H2,1-3H3. The second kappa shape index (κ2) is 7.09. The lowest BCUT2D eigenvalue weighted by Crippen LogP contribution is -2.38. The maximum atomic E-state index is 5.90. The molecular formula is C19H25N3O. The van der Waals surface area contributed by atoms with E-state index in [1.54, 1.807) is 12.4 Å². The molecule has 2 aromatic rings. The number of aromatic nitrogens is 2. The minimum absolute atomic E-state index is 0.229. The first-order valence-electron chi connectivity index (χ1n) is 8.34. The number of benzene rings is 1. The molecule has 0 unspecified atom stereocenters. The molecule has 0 radical (unpaired) electrons. The van der Waals surface area contributed by atoms with Crippen LogP contribution < -0.4 is 4.74 Å². The third-order valence-corrected chi connectivity index (χ3v) is 4.46. The molecule has 1 fully saturated rings.